The first-order valence-electron chi connectivity index (χ1n) is 8.22. The van der Waals surface area contributed by atoms with Gasteiger partial charge in [0.1, 0.15) is 18.0 Å². The second-order valence-electron chi connectivity index (χ2n) is 5.95. The number of rotatable bonds is 7. The number of hydrogen-bond donors (Lipinski definition) is 2. The van der Waals surface area contributed by atoms with Crippen LogP contribution in [-0.2, 0) is 10.0 Å². The van der Waals surface area contributed by atoms with Crippen molar-refractivity contribution in [2.75, 3.05) is 18.4 Å². The van der Waals surface area contributed by atoms with Crippen LogP contribution in [0.1, 0.15) is 11.1 Å². The summed E-state index contributed by atoms with van der Waals surface area (Å²) in [6.45, 7) is 4.32. The lowest BCUT2D eigenvalue weighted by atomic mass is 10.2. The van der Waals surface area contributed by atoms with E-state index in [4.69, 9.17) is 0 Å². The minimum atomic E-state index is -3.54. The Labute approximate surface area is 153 Å². The lowest BCUT2D eigenvalue weighted by molar-refractivity contribution is 0.582. The van der Waals surface area contributed by atoms with E-state index in [0.29, 0.717) is 17.3 Å². The monoisotopic (exact) mass is 371 g/mol. The van der Waals surface area contributed by atoms with Crippen LogP contribution in [-0.4, -0.2) is 36.0 Å². The molecule has 3 rings (SSSR count). The van der Waals surface area contributed by atoms with Crippen LogP contribution in [0.2, 0.25) is 0 Å². The van der Waals surface area contributed by atoms with E-state index in [1.165, 1.54) is 6.33 Å². The summed E-state index contributed by atoms with van der Waals surface area (Å²) in [6, 6.07) is 11.0. The van der Waals surface area contributed by atoms with Crippen molar-refractivity contribution in [3.05, 3.63) is 66.2 Å². The Kier molecular flexibility index (Phi) is 5.34. The van der Waals surface area contributed by atoms with Crippen molar-refractivity contribution in [3.8, 4) is 5.82 Å². The highest BCUT2D eigenvalue weighted by atomic mass is 32.2. The van der Waals surface area contributed by atoms with Crippen LogP contribution in [0.5, 0.6) is 0 Å². The van der Waals surface area contributed by atoms with Crippen LogP contribution in [0.15, 0.2) is 60.0 Å². The van der Waals surface area contributed by atoms with Crippen molar-refractivity contribution in [1.29, 1.82) is 0 Å². The summed E-state index contributed by atoms with van der Waals surface area (Å²) >= 11 is 0. The zero-order valence-electron chi connectivity index (χ0n) is 14.7. The van der Waals surface area contributed by atoms with Crippen molar-refractivity contribution in [3.63, 3.8) is 0 Å². The fourth-order valence-electron chi connectivity index (χ4n) is 2.52. The predicted molar refractivity (Wildman–Crippen MR) is 101 cm³/mol. The molecule has 0 spiro atoms. The predicted octanol–water partition coefficient (Wildman–Crippen LogP) is 2.27. The molecule has 0 aliphatic rings. The van der Waals surface area contributed by atoms with Crippen LogP contribution in [0, 0.1) is 13.8 Å². The Morgan fingerprint density at radius 3 is 2.58 bits per heavy atom. The molecular formula is C18H21N5O2S. The first kappa shape index (κ1) is 18.1. The van der Waals surface area contributed by atoms with Gasteiger partial charge in [-0.3, -0.25) is 0 Å². The van der Waals surface area contributed by atoms with Crippen molar-refractivity contribution in [1.82, 2.24) is 19.3 Å². The number of benzene rings is 1. The molecular weight excluding hydrogens is 350 g/mol. The van der Waals surface area contributed by atoms with Crippen molar-refractivity contribution in [2.45, 2.75) is 18.7 Å². The molecule has 26 heavy (non-hydrogen) atoms. The molecule has 0 aliphatic carbocycles. The molecule has 7 nitrogen and oxygen atoms in total. The second-order valence-corrected chi connectivity index (χ2v) is 7.68. The van der Waals surface area contributed by atoms with E-state index in [0.717, 1.165) is 16.9 Å². The van der Waals surface area contributed by atoms with Crippen molar-refractivity contribution in [2.24, 2.45) is 0 Å². The van der Waals surface area contributed by atoms with Crippen molar-refractivity contribution >= 4 is 15.8 Å². The van der Waals surface area contributed by atoms with Gasteiger partial charge in [-0.1, -0.05) is 12.1 Å². The number of sulfonamides is 1. The summed E-state index contributed by atoms with van der Waals surface area (Å²) in [5.41, 5.74) is 1.64. The largest absolute Gasteiger partial charge is 0.369 e. The molecule has 2 heterocycles. The van der Waals surface area contributed by atoms with E-state index < -0.39 is 10.0 Å². The number of nitrogens with zero attached hydrogens (tertiary/aromatic N) is 3. The van der Waals surface area contributed by atoms with E-state index in [2.05, 4.69) is 20.0 Å². The third-order valence-electron chi connectivity index (χ3n) is 3.88. The summed E-state index contributed by atoms with van der Waals surface area (Å²) in [5.74, 6) is 1.37. The highest BCUT2D eigenvalue weighted by Crippen LogP contribution is 2.16. The summed E-state index contributed by atoms with van der Waals surface area (Å²) in [7, 11) is -3.54. The third-order valence-corrected chi connectivity index (χ3v) is 5.48. The Morgan fingerprint density at radius 1 is 1.04 bits per heavy atom. The van der Waals surface area contributed by atoms with E-state index in [1.54, 1.807) is 19.1 Å². The molecule has 0 unspecified atom stereocenters. The zero-order valence-corrected chi connectivity index (χ0v) is 15.5. The van der Waals surface area contributed by atoms with Crippen molar-refractivity contribution < 1.29 is 8.42 Å². The number of aryl methyl sites for hydroxylation is 2. The topological polar surface area (TPSA) is 88.9 Å². The molecule has 2 aromatic heterocycles. The highest BCUT2D eigenvalue weighted by Gasteiger charge is 2.16. The Balaban J connectivity index is 1.59. The Morgan fingerprint density at radius 2 is 1.81 bits per heavy atom. The quantitative estimate of drug-likeness (QED) is 0.622. The Hall–Kier alpha value is -2.71. The average Bonchev–Trinajstić information content (AvgIpc) is 3.16. The number of nitrogens with one attached hydrogen (secondary N) is 2. The lowest BCUT2D eigenvalue weighted by Gasteiger charge is -2.11. The van der Waals surface area contributed by atoms with Gasteiger partial charge in [0.2, 0.25) is 10.0 Å². The van der Waals surface area contributed by atoms with Crippen LogP contribution in [0.25, 0.3) is 5.82 Å². The SMILES string of the molecule is Cc1ccc(C)c(S(=O)(=O)NCCNc2cc(-n3cccc3)ncn2)c1. The van der Waals surface area contributed by atoms with Gasteiger partial charge in [0.25, 0.3) is 0 Å². The van der Waals surface area contributed by atoms with Gasteiger partial charge < -0.3 is 9.88 Å². The molecule has 2 N–H and O–H groups in total. The van der Waals surface area contributed by atoms with E-state index in [-0.39, 0.29) is 6.54 Å². The normalized spacial score (nSPS) is 11.5. The third kappa shape index (κ3) is 4.27. The molecule has 0 amide bonds. The average molecular weight is 371 g/mol. The standard InChI is InChI=1S/C18H21N5O2S/c1-14-5-6-15(2)16(11-14)26(24,25)22-8-7-19-17-12-18(21-13-20-17)23-9-3-4-10-23/h3-6,9-13,22H,7-8H2,1-2H3,(H,19,20,21). The molecule has 136 valence electrons. The van der Waals surface area contributed by atoms with Gasteiger partial charge >= 0.3 is 0 Å². The fraction of sp³-hybridized carbons (Fsp3) is 0.222. The molecule has 0 saturated carbocycles. The maximum atomic E-state index is 12.5. The first-order chi connectivity index (χ1) is 12.5. The summed E-state index contributed by atoms with van der Waals surface area (Å²) < 4.78 is 29.4. The molecule has 3 aromatic rings. The van der Waals surface area contributed by atoms with E-state index in [1.807, 2.05) is 48.1 Å². The maximum absolute atomic E-state index is 12.5. The molecule has 1 aromatic carbocycles. The Bertz CT molecular complexity index is 985. The second kappa shape index (κ2) is 7.67. The molecule has 0 saturated heterocycles. The van der Waals surface area contributed by atoms with Crippen LogP contribution < -0.4 is 10.0 Å². The number of anilines is 1. The zero-order chi connectivity index (χ0) is 18.6. The summed E-state index contributed by atoms with van der Waals surface area (Å²) in [5, 5.41) is 3.11. The smallest absolute Gasteiger partial charge is 0.240 e. The minimum Gasteiger partial charge on any atom is -0.369 e. The highest BCUT2D eigenvalue weighted by molar-refractivity contribution is 7.89. The fourth-order valence-corrected chi connectivity index (χ4v) is 3.88. The minimum absolute atomic E-state index is 0.249. The van der Waals surface area contributed by atoms with Gasteiger partial charge in [-0.15, -0.1) is 0 Å². The molecule has 8 heteroatoms. The van der Waals surface area contributed by atoms with E-state index in [9.17, 15) is 8.42 Å². The summed E-state index contributed by atoms with van der Waals surface area (Å²) in [6.07, 6.45) is 5.26. The van der Waals surface area contributed by atoms with Gasteiger partial charge in [-0.25, -0.2) is 23.1 Å². The molecule has 0 fully saturated rings. The molecule has 0 aliphatic heterocycles. The first-order valence-corrected chi connectivity index (χ1v) is 9.70. The van der Waals surface area contributed by atoms with E-state index >= 15 is 0 Å². The van der Waals surface area contributed by atoms with Gasteiger partial charge in [-0.2, -0.15) is 0 Å². The summed E-state index contributed by atoms with van der Waals surface area (Å²) in [4.78, 5) is 8.68. The van der Waals surface area contributed by atoms with Gasteiger partial charge in [-0.05, 0) is 43.2 Å². The van der Waals surface area contributed by atoms with Crippen LogP contribution in [0.3, 0.4) is 0 Å². The number of aromatic nitrogens is 3. The maximum Gasteiger partial charge on any atom is 0.240 e. The van der Waals surface area contributed by atoms with Gasteiger partial charge in [0, 0.05) is 31.5 Å². The lowest BCUT2D eigenvalue weighted by Crippen LogP contribution is -2.29. The van der Waals surface area contributed by atoms with Gasteiger partial charge in [0.05, 0.1) is 4.90 Å². The molecule has 0 bridgehead atoms. The van der Waals surface area contributed by atoms with Crippen LogP contribution in [0.4, 0.5) is 5.82 Å². The number of hydrogen-bond acceptors (Lipinski definition) is 5. The van der Waals surface area contributed by atoms with Crippen LogP contribution >= 0.6 is 0 Å². The molecule has 0 radical (unpaired) electrons. The molecule has 0 atom stereocenters. The van der Waals surface area contributed by atoms with Gasteiger partial charge in [0.15, 0.2) is 0 Å².